The van der Waals surface area contributed by atoms with Crippen LogP contribution in [0.3, 0.4) is 0 Å². The van der Waals surface area contributed by atoms with E-state index in [-0.39, 0.29) is 5.91 Å². The maximum atomic E-state index is 12.5. The number of carbonyl (C=O) groups excluding carboxylic acids is 1. The predicted octanol–water partition coefficient (Wildman–Crippen LogP) is 2.87. The molecule has 0 bridgehead atoms. The van der Waals surface area contributed by atoms with Crippen molar-refractivity contribution in [2.24, 2.45) is 0 Å². The maximum Gasteiger partial charge on any atom is 0.255 e. The summed E-state index contributed by atoms with van der Waals surface area (Å²) in [6.45, 7) is 3.75. The summed E-state index contributed by atoms with van der Waals surface area (Å²) < 4.78 is 2.91. The number of hydrogen-bond donors (Lipinski definition) is 2. The second-order valence-electron chi connectivity index (χ2n) is 5.28. The highest BCUT2D eigenvalue weighted by atomic mass is 32.1. The predicted molar refractivity (Wildman–Crippen MR) is 87.6 cm³/mol. The molecule has 0 aliphatic carbocycles. The molecule has 6 nitrogen and oxygen atoms in total. The topological polar surface area (TPSA) is 71.8 Å². The lowest BCUT2D eigenvalue weighted by molar-refractivity contribution is 0.102. The molecule has 0 unspecified atom stereocenters. The van der Waals surface area contributed by atoms with Crippen molar-refractivity contribution in [1.29, 1.82) is 0 Å². The molecule has 0 spiro atoms. The van der Waals surface area contributed by atoms with Gasteiger partial charge in [-0.3, -0.25) is 4.79 Å². The fraction of sp³-hybridized carbons (Fsp3) is 0.267. The average molecular weight is 313 g/mol. The van der Waals surface area contributed by atoms with Crippen molar-refractivity contribution in [3.05, 3.63) is 35.0 Å². The van der Waals surface area contributed by atoms with Crippen LogP contribution in [-0.2, 0) is 6.54 Å². The van der Waals surface area contributed by atoms with Crippen molar-refractivity contribution in [2.45, 2.75) is 19.9 Å². The van der Waals surface area contributed by atoms with Gasteiger partial charge in [-0.25, -0.2) is 9.67 Å². The van der Waals surface area contributed by atoms with Crippen LogP contribution in [0, 0.1) is 6.92 Å². The van der Waals surface area contributed by atoms with Crippen molar-refractivity contribution < 1.29 is 4.79 Å². The van der Waals surface area contributed by atoms with Crippen LogP contribution in [0.25, 0.3) is 10.2 Å². The van der Waals surface area contributed by atoms with E-state index in [2.05, 4.69) is 20.7 Å². The van der Waals surface area contributed by atoms with Crippen molar-refractivity contribution >= 4 is 39.0 Å². The SMILES string of the molecule is Cc1nc2ccc(C(=O)Nc3cnn4c3NCCC4)cc2s1. The summed E-state index contributed by atoms with van der Waals surface area (Å²) in [5.74, 6) is 0.755. The van der Waals surface area contributed by atoms with Gasteiger partial charge in [0.25, 0.3) is 5.91 Å². The molecule has 0 atom stereocenters. The molecule has 0 saturated heterocycles. The Hall–Kier alpha value is -2.41. The Labute approximate surface area is 131 Å². The molecule has 3 heterocycles. The van der Waals surface area contributed by atoms with E-state index in [9.17, 15) is 4.79 Å². The van der Waals surface area contributed by atoms with Crippen molar-refractivity contribution in [3.8, 4) is 0 Å². The standard InChI is InChI=1S/C15H15N5OS/c1-9-18-11-4-3-10(7-13(11)22-9)15(21)19-12-8-17-20-6-2-5-16-14(12)20/h3-4,7-8,16H,2,5-6H2,1H3,(H,19,21). The minimum absolute atomic E-state index is 0.129. The summed E-state index contributed by atoms with van der Waals surface area (Å²) in [4.78, 5) is 16.9. The molecule has 112 valence electrons. The molecule has 1 aliphatic heterocycles. The Bertz CT molecular complexity index is 866. The van der Waals surface area contributed by atoms with Gasteiger partial charge in [-0.1, -0.05) is 0 Å². The van der Waals surface area contributed by atoms with Crippen LogP contribution in [0.15, 0.2) is 24.4 Å². The van der Waals surface area contributed by atoms with Gasteiger partial charge >= 0.3 is 0 Å². The average Bonchev–Trinajstić information content (AvgIpc) is 3.09. The lowest BCUT2D eigenvalue weighted by Gasteiger charge is -2.17. The van der Waals surface area contributed by atoms with Crippen LogP contribution < -0.4 is 10.6 Å². The van der Waals surface area contributed by atoms with E-state index in [4.69, 9.17) is 0 Å². The lowest BCUT2D eigenvalue weighted by atomic mass is 10.2. The van der Waals surface area contributed by atoms with E-state index in [1.807, 2.05) is 23.7 Å². The number of hydrogen-bond acceptors (Lipinski definition) is 5. The molecule has 2 aromatic heterocycles. The Morgan fingerprint density at radius 2 is 2.36 bits per heavy atom. The Morgan fingerprint density at radius 3 is 3.27 bits per heavy atom. The van der Waals surface area contributed by atoms with Gasteiger partial charge in [0, 0.05) is 18.7 Å². The minimum Gasteiger partial charge on any atom is -0.368 e. The van der Waals surface area contributed by atoms with Crippen LogP contribution in [0.4, 0.5) is 11.5 Å². The molecule has 0 saturated carbocycles. The second-order valence-corrected chi connectivity index (χ2v) is 6.51. The van der Waals surface area contributed by atoms with Gasteiger partial charge in [-0.2, -0.15) is 5.10 Å². The lowest BCUT2D eigenvalue weighted by Crippen LogP contribution is -2.19. The molecule has 1 aromatic carbocycles. The molecular weight excluding hydrogens is 298 g/mol. The molecule has 0 radical (unpaired) electrons. The van der Waals surface area contributed by atoms with Gasteiger partial charge in [0.05, 0.1) is 21.4 Å². The zero-order valence-corrected chi connectivity index (χ0v) is 12.9. The third-order valence-electron chi connectivity index (χ3n) is 3.68. The number of benzene rings is 1. The summed E-state index contributed by atoms with van der Waals surface area (Å²) >= 11 is 1.59. The number of fused-ring (bicyclic) bond motifs is 2. The van der Waals surface area contributed by atoms with Crippen LogP contribution in [0.5, 0.6) is 0 Å². The number of aryl methyl sites for hydroxylation is 2. The maximum absolute atomic E-state index is 12.5. The summed E-state index contributed by atoms with van der Waals surface area (Å²) in [6, 6.07) is 5.58. The molecule has 0 fully saturated rings. The van der Waals surface area contributed by atoms with E-state index >= 15 is 0 Å². The van der Waals surface area contributed by atoms with Crippen molar-refractivity contribution in [1.82, 2.24) is 14.8 Å². The van der Waals surface area contributed by atoms with Gasteiger partial charge in [-0.15, -0.1) is 11.3 Å². The van der Waals surface area contributed by atoms with E-state index in [0.717, 1.165) is 46.2 Å². The highest BCUT2D eigenvalue weighted by Crippen LogP contribution is 2.26. The molecule has 1 aliphatic rings. The van der Waals surface area contributed by atoms with Crippen LogP contribution in [0.1, 0.15) is 21.8 Å². The summed E-state index contributed by atoms with van der Waals surface area (Å²) in [6.07, 6.45) is 2.74. The summed E-state index contributed by atoms with van der Waals surface area (Å²) in [5, 5.41) is 11.5. The first-order valence-corrected chi connectivity index (χ1v) is 8.00. The number of thiazole rings is 1. The molecule has 7 heteroatoms. The third kappa shape index (κ3) is 2.23. The van der Waals surface area contributed by atoms with Gasteiger partial charge in [0.1, 0.15) is 11.5 Å². The summed E-state index contributed by atoms with van der Waals surface area (Å²) in [7, 11) is 0. The van der Waals surface area contributed by atoms with Gasteiger partial charge in [0.2, 0.25) is 0 Å². The van der Waals surface area contributed by atoms with Crippen LogP contribution in [0.2, 0.25) is 0 Å². The number of rotatable bonds is 2. The van der Waals surface area contributed by atoms with E-state index in [1.165, 1.54) is 0 Å². The van der Waals surface area contributed by atoms with E-state index < -0.39 is 0 Å². The first kappa shape index (κ1) is 13.3. The summed E-state index contributed by atoms with van der Waals surface area (Å²) in [5.41, 5.74) is 2.29. The van der Waals surface area contributed by atoms with Gasteiger partial charge in [0.15, 0.2) is 0 Å². The second kappa shape index (κ2) is 5.10. The minimum atomic E-state index is -0.129. The Balaban J connectivity index is 1.61. The number of aromatic nitrogens is 3. The zero-order chi connectivity index (χ0) is 15.1. The first-order chi connectivity index (χ1) is 10.7. The van der Waals surface area contributed by atoms with Crippen molar-refractivity contribution in [2.75, 3.05) is 17.2 Å². The number of amides is 1. The quantitative estimate of drug-likeness (QED) is 0.763. The van der Waals surface area contributed by atoms with Crippen molar-refractivity contribution in [3.63, 3.8) is 0 Å². The normalized spacial score (nSPS) is 13.7. The zero-order valence-electron chi connectivity index (χ0n) is 12.1. The molecule has 4 rings (SSSR count). The van der Waals surface area contributed by atoms with Gasteiger partial charge in [-0.05, 0) is 31.5 Å². The highest BCUT2D eigenvalue weighted by Gasteiger charge is 2.17. The first-order valence-electron chi connectivity index (χ1n) is 7.19. The van der Waals surface area contributed by atoms with Crippen LogP contribution >= 0.6 is 11.3 Å². The molecule has 3 aromatic rings. The largest absolute Gasteiger partial charge is 0.368 e. The van der Waals surface area contributed by atoms with E-state index in [1.54, 1.807) is 23.6 Å². The molecular formula is C15H15N5OS. The number of carbonyl (C=O) groups is 1. The fourth-order valence-corrected chi connectivity index (χ4v) is 3.51. The number of nitrogens with zero attached hydrogens (tertiary/aromatic N) is 3. The van der Waals surface area contributed by atoms with E-state index in [0.29, 0.717) is 5.56 Å². The number of anilines is 2. The Morgan fingerprint density at radius 1 is 1.45 bits per heavy atom. The van der Waals surface area contributed by atoms with Gasteiger partial charge < -0.3 is 10.6 Å². The molecule has 22 heavy (non-hydrogen) atoms. The highest BCUT2D eigenvalue weighted by molar-refractivity contribution is 7.18. The molecule has 2 N–H and O–H groups in total. The third-order valence-corrected chi connectivity index (χ3v) is 4.62. The Kier molecular flexibility index (Phi) is 3.07. The van der Waals surface area contributed by atoms with Crippen LogP contribution in [-0.4, -0.2) is 27.2 Å². The number of nitrogens with one attached hydrogen (secondary N) is 2. The fourth-order valence-electron chi connectivity index (χ4n) is 2.64. The monoisotopic (exact) mass is 313 g/mol. The molecule has 1 amide bonds. The smallest absolute Gasteiger partial charge is 0.255 e.